The number of ether oxygens (including phenoxy) is 3. The van der Waals surface area contributed by atoms with Crippen molar-refractivity contribution in [1.29, 1.82) is 0 Å². The van der Waals surface area contributed by atoms with Crippen molar-refractivity contribution < 1.29 is 23.8 Å². The molecule has 0 radical (unpaired) electrons. The quantitative estimate of drug-likeness (QED) is 0.513. The maximum atomic E-state index is 11.7. The predicted octanol–water partition coefficient (Wildman–Crippen LogP) is 2.49. The molecule has 1 aliphatic rings. The van der Waals surface area contributed by atoms with Gasteiger partial charge in [-0.2, -0.15) is 0 Å². The minimum absolute atomic E-state index is 0.0218. The summed E-state index contributed by atoms with van der Waals surface area (Å²) in [5, 5.41) is 2.82. The fourth-order valence-electron chi connectivity index (χ4n) is 2.83. The lowest BCUT2D eigenvalue weighted by Gasteiger charge is -2.27. The molecule has 6 nitrogen and oxygen atoms in total. The van der Waals surface area contributed by atoms with Crippen LogP contribution in [0, 0.1) is 5.92 Å². The Bertz CT molecular complexity index is 378. The van der Waals surface area contributed by atoms with Crippen molar-refractivity contribution in [2.45, 2.75) is 71.0 Å². The molecule has 0 atom stereocenters. The summed E-state index contributed by atoms with van der Waals surface area (Å²) in [6.45, 7) is 5.75. The first-order valence-corrected chi connectivity index (χ1v) is 9.54. The van der Waals surface area contributed by atoms with Crippen LogP contribution in [0.5, 0.6) is 0 Å². The lowest BCUT2D eigenvalue weighted by atomic mass is 9.95. The average molecular weight is 357 g/mol. The van der Waals surface area contributed by atoms with Gasteiger partial charge in [0, 0.05) is 39.0 Å². The monoisotopic (exact) mass is 357 g/mol. The van der Waals surface area contributed by atoms with Crippen LogP contribution in [0.25, 0.3) is 0 Å². The minimum Gasteiger partial charge on any atom is -0.381 e. The van der Waals surface area contributed by atoms with Crippen LogP contribution in [-0.2, 0) is 23.8 Å². The second-order valence-electron chi connectivity index (χ2n) is 6.94. The topological polar surface area (TPSA) is 73.9 Å². The van der Waals surface area contributed by atoms with Gasteiger partial charge in [0.15, 0.2) is 0 Å². The molecular formula is C19H35NO5. The van der Waals surface area contributed by atoms with E-state index < -0.39 is 0 Å². The molecule has 0 bridgehead atoms. The number of ketones is 1. The van der Waals surface area contributed by atoms with Crippen LogP contribution >= 0.6 is 0 Å². The Labute approximate surface area is 152 Å². The largest absolute Gasteiger partial charge is 0.381 e. The highest BCUT2D eigenvalue weighted by atomic mass is 16.5. The Hall–Kier alpha value is -0.980. The zero-order valence-corrected chi connectivity index (χ0v) is 16.1. The number of methoxy groups -OCH3 is 1. The molecule has 0 aliphatic heterocycles. The van der Waals surface area contributed by atoms with Crippen LogP contribution in [-0.4, -0.2) is 57.4 Å². The zero-order chi connectivity index (χ0) is 18.5. The number of hydrogen-bond donors (Lipinski definition) is 1. The van der Waals surface area contributed by atoms with E-state index in [1.165, 1.54) is 0 Å². The first-order chi connectivity index (χ1) is 12.0. The Kier molecular flexibility index (Phi) is 11.7. The summed E-state index contributed by atoms with van der Waals surface area (Å²) in [7, 11) is 1.76. The highest BCUT2D eigenvalue weighted by Crippen LogP contribution is 2.23. The fraction of sp³-hybridized carbons (Fsp3) is 0.895. The summed E-state index contributed by atoms with van der Waals surface area (Å²) in [5.74, 6) is 0.286. The molecule has 0 aromatic heterocycles. The number of Topliss-reactive ketones (excluding diaryl/α,β-unsaturated/α-hetero) is 1. The van der Waals surface area contributed by atoms with E-state index in [1.807, 2.05) is 13.8 Å². The smallest absolute Gasteiger partial charge is 0.220 e. The Morgan fingerprint density at radius 1 is 1.00 bits per heavy atom. The van der Waals surface area contributed by atoms with Crippen LogP contribution in [0.15, 0.2) is 0 Å². The van der Waals surface area contributed by atoms with Gasteiger partial charge in [-0.1, -0.05) is 13.8 Å². The molecule has 0 spiro atoms. The van der Waals surface area contributed by atoms with Crippen LogP contribution < -0.4 is 5.32 Å². The lowest BCUT2D eigenvalue weighted by molar-refractivity contribution is -0.124. The summed E-state index contributed by atoms with van der Waals surface area (Å²) in [5.41, 5.74) is 0. The Morgan fingerprint density at radius 2 is 1.68 bits per heavy atom. The van der Waals surface area contributed by atoms with Crippen LogP contribution in [0.2, 0.25) is 0 Å². The van der Waals surface area contributed by atoms with Crippen molar-refractivity contribution in [3.8, 4) is 0 Å². The highest BCUT2D eigenvalue weighted by Gasteiger charge is 2.20. The summed E-state index contributed by atoms with van der Waals surface area (Å²) in [6, 6.07) is 0. The normalized spacial score (nSPS) is 20.6. The first kappa shape index (κ1) is 22.1. The molecule has 1 rings (SSSR count). The van der Waals surface area contributed by atoms with Crippen molar-refractivity contribution >= 4 is 11.7 Å². The van der Waals surface area contributed by atoms with Crippen molar-refractivity contribution in [3.05, 3.63) is 0 Å². The third-order valence-electron chi connectivity index (χ3n) is 4.56. The van der Waals surface area contributed by atoms with Crippen LogP contribution in [0.1, 0.15) is 58.8 Å². The van der Waals surface area contributed by atoms with Crippen molar-refractivity contribution in [2.24, 2.45) is 5.92 Å². The maximum Gasteiger partial charge on any atom is 0.220 e. The molecule has 1 N–H and O–H groups in total. The van der Waals surface area contributed by atoms with Gasteiger partial charge in [-0.15, -0.1) is 0 Å². The van der Waals surface area contributed by atoms with Crippen molar-refractivity contribution in [3.63, 3.8) is 0 Å². The molecule has 1 saturated carbocycles. The lowest BCUT2D eigenvalue weighted by Crippen LogP contribution is -2.28. The van der Waals surface area contributed by atoms with Gasteiger partial charge in [0.1, 0.15) is 5.78 Å². The van der Waals surface area contributed by atoms with Crippen molar-refractivity contribution in [1.82, 2.24) is 5.32 Å². The standard InChI is InChI=1S/C19H35NO5/c1-15(2)18(21)10-13-24-14-11-20-19(22)5-4-12-25-17-8-6-16(23-3)7-9-17/h15-17H,4-14H2,1-3H3,(H,20,22). The van der Waals surface area contributed by atoms with E-state index in [9.17, 15) is 9.59 Å². The molecule has 1 fully saturated rings. The SMILES string of the molecule is COC1CCC(OCCCC(=O)NCCOCCC(=O)C(C)C)CC1. The number of amides is 1. The third kappa shape index (κ3) is 10.6. The number of nitrogens with one attached hydrogen (secondary N) is 1. The molecular weight excluding hydrogens is 322 g/mol. The highest BCUT2D eigenvalue weighted by molar-refractivity contribution is 5.80. The first-order valence-electron chi connectivity index (χ1n) is 9.54. The van der Waals surface area contributed by atoms with E-state index in [-0.39, 0.29) is 17.6 Å². The fourth-order valence-corrected chi connectivity index (χ4v) is 2.83. The van der Waals surface area contributed by atoms with E-state index >= 15 is 0 Å². The minimum atomic E-state index is 0.0218. The molecule has 146 valence electrons. The van der Waals surface area contributed by atoms with Gasteiger partial charge in [-0.25, -0.2) is 0 Å². The maximum absolute atomic E-state index is 11.7. The summed E-state index contributed by atoms with van der Waals surface area (Å²) in [6.07, 6.45) is 6.55. The summed E-state index contributed by atoms with van der Waals surface area (Å²) < 4.78 is 16.5. The summed E-state index contributed by atoms with van der Waals surface area (Å²) in [4.78, 5) is 23.1. The van der Waals surface area contributed by atoms with Gasteiger partial charge in [0.25, 0.3) is 0 Å². The molecule has 0 unspecified atom stereocenters. The van der Waals surface area contributed by atoms with Crippen LogP contribution in [0.3, 0.4) is 0 Å². The molecule has 6 heteroatoms. The Morgan fingerprint density at radius 3 is 2.32 bits per heavy atom. The van der Waals surface area contributed by atoms with E-state index in [4.69, 9.17) is 14.2 Å². The molecule has 1 amide bonds. The number of carbonyl (C=O) groups is 2. The number of rotatable bonds is 13. The summed E-state index contributed by atoms with van der Waals surface area (Å²) >= 11 is 0. The second-order valence-corrected chi connectivity index (χ2v) is 6.94. The second kappa shape index (κ2) is 13.3. The Balaban J connectivity index is 1.90. The molecule has 25 heavy (non-hydrogen) atoms. The predicted molar refractivity (Wildman–Crippen MR) is 96.5 cm³/mol. The molecule has 0 aromatic carbocycles. The van der Waals surface area contributed by atoms with Gasteiger partial charge in [-0.05, 0) is 32.1 Å². The van der Waals surface area contributed by atoms with Gasteiger partial charge in [0.2, 0.25) is 5.91 Å². The molecule has 1 aliphatic carbocycles. The zero-order valence-electron chi connectivity index (χ0n) is 16.1. The average Bonchev–Trinajstić information content (AvgIpc) is 2.61. The van der Waals surface area contributed by atoms with Gasteiger partial charge < -0.3 is 19.5 Å². The molecule has 0 saturated heterocycles. The van der Waals surface area contributed by atoms with E-state index in [0.717, 1.165) is 32.1 Å². The number of hydrogen-bond acceptors (Lipinski definition) is 5. The van der Waals surface area contributed by atoms with Crippen LogP contribution in [0.4, 0.5) is 0 Å². The van der Waals surface area contributed by atoms with Gasteiger partial charge >= 0.3 is 0 Å². The molecule has 0 aromatic rings. The number of carbonyl (C=O) groups excluding carboxylic acids is 2. The van der Waals surface area contributed by atoms with Gasteiger partial charge in [0.05, 0.1) is 25.4 Å². The van der Waals surface area contributed by atoms with E-state index in [0.29, 0.717) is 51.4 Å². The van der Waals surface area contributed by atoms with E-state index in [2.05, 4.69) is 5.32 Å². The third-order valence-corrected chi connectivity index (χ3v) is 4.56. The van der Waals surface area contributed by atoms with E-state index in [1.54, 1.807) is 7.11 Å². The van der Waals surface area contributed by atoms with Crippen molar-refractivity contribution in [2.75, 3.05) is 33.5 Å². The molecule has 0 heterocycles. The van der Waals surface area contributed by atoms with Gasteiger partial charge in [-0.3, -0.25) is 9.59 Å².